The average Bonchev–Trinajstić information content (AvgIpc) is 2.36. The first-order chi connectivity index (χ1) is 8.64. The van der Waals surface area contributed by atoms with E-state index in [9.17, 15) is 5.11 Å². The van der Waals surface area contributed by atoms with Crippen molar-refractivity contribution in [2.75, 3.05) is 13.1 Å². The van der Waals surface area contributed by atoms with E-state index in [0.717, 1.165) is 13.1 Å². The standard InChI is InChI=1S/C13H18N4O/c1-13(15-16-14)7-8-17(10-12(13)18)9-11-5-3-2-4-6-11/h2-6,12,18H,7-10H2,1H3/t12-,13-/m1/s1. The SMILES string of the molecule is C[C@@]1(N=[N+]=[N-])CCN(Cc2ccccc2)C[C@H]1O. The fourth-order valence-corrected chi connectivity index (χ4v) is 2.29. The Morgan fingerprint density at radius 3 is 2.83 bits per heavy atom. The zero-order valence-electron chi connectivity index (χ0n) is 10.5. The molecule has 1 saturated heterocycles. The van der Waals surface area contributed by atoms with Crippen LogP contribution in [0.4, 0.5) is 0 Å². The van der Waals surface area contributed by atoms with Crippen LogP contribution in [0.5, 0.6) is 0 Å². The Labute approximate surface area is 107 Å². The summed E-state index contributed by atoms with van der Waals surface area (Å²) in [7, 11) is 0. The summed E-state index contributed by atoms with van der Waals surface area (Å²) >= 11 is 0. The molecule has 2 rings (SSSR count). The molecule has 0 amide bonds. The van der Waals surface area contributed by atoms with Gasteiger partial charge in [-0.25, -0.2) is 0 Å². The molecular weight excluding hydrogens is 228 g/mol. The highest BCUT2D eigenvalue weighted by atomic mass is 16.3. The molecule has 0 aliphatic carbocycles. The molecule has 0 saturated carbocycles. The van der Waals surface area contributed by atoms with Crippen molar-refractivity contribution in [2.45, 2.75) is 31.5 Å². The maximum absolute atomic E-state index is 10.1. The minimum absolute atomic E-state index is 0.546. The number of rotatable bonds is 3. The number of piperidine rings is 1. The Bertz CT molecular complexity index is 444. The number of azide groups is 1. The lowest BCUT2D eigenvalue weighted by Crippen LogP contribution is -2.52. The summed E-state index contributed by atoms with van der Waals surface area (Å²) in [5.41, 5.74) is 9.10. The second kappa shape index (κ2) is 5.40. The number of nitrogens with zero attached hydrogens (tertiary/aromatic N) is 4. The lowest BCUT2D eigenvalue weighted by molar-refractivity contribution is 0.00906. The highest BCUT2D eigenvalue weighted by molar-refractivity contribution is 5.14. The lowest BCUT2D eigenvalue weighted by Gasteiger charge is -2.40. The van der Waals surface area contributed by atoms with Crippen molar-refractivity contribution in [3.8, 4) is 0 Å². The highest BCUT2D eigenvalue weighted by Gasteiger charge is 2.37. The highest BCUT2D eigenvalue weighted by Crippen LogP contribution is 2.27. The first-order valence-corrected chi connectivity index (χ1v) is 6.15. The van der Waals surface area contributed by atoms with Crippen molar-refractivity contribution in [3.05, 3.63) is 46.3 Å². The first-order valence-electron chi connectivity index (χ1n) is 6.15. The molecule has 0 aromatic heterocycles. The van der Waals surface area contributed by atoms with Gasteiger partial charge < -0.3 is 5.11 Å². The quantitative estimate of drug-likeness (QED) is 0.505. The van der Waals surface area contributed by atoms with Gasteiger partial charge in [-0.15, -0.1) is 0 Å². The Balaban J connectivity index is 1.98. The molecule has 1 aliphatic heterocycles. The predicted molar refractivity (Wildman–Crippen MR) is 69.9 cm³/mol. The van der Waals surface area contributed by atoms with Gasteiger partial charge in [0.1, 0.15) is 0 Å². The van der Waals surface area contributed by atoms with E-state index < -0.39 is 11.6 Å². The van der Waals surface area contributed by atoms with Crippen LogP contribution >= 0.6 is 0 Å². The topological polar surface area (TPSA) is 72.2 Å². The summed E-state index contributed by atoms with van der Waals surface area (Å²) < 4.78 is 0. The summed E-state index contributed by atoms with van der Waals surface area (Å²) in [5.74, 6) is 0. The predicted octanol–water partition coefficient (Wildman–Crippen LogP) is 2.32. The van der Waals surface area contributed by atoms with Crippen LogP contribution in [0.25, 0.3) is 10.4 Å². The van der Waals surface area contributed by atoms with Crippen LogP contribution in [0, 0.1) is 0 Å². The molecule has 5 heteroatoms. The van der Waals surface area contributed by atoms with Crippen LogP contribution in [-0.2, 0) is 6.54 Å². The Morgan fingerprint density at radius 1 is 1.50 bits per heavy atom. The summed E-state index contributed by atoms with van der Waals surface area (Å²) in [5, 5.41) is 13.8. The maximum atomic E-state index is 10.1. The van der Waals surface area contributed by atoms with E-state index in [-0.39, 0.29) is 0 Å². The molecule has 18 heavy (non-hydrogen) atoms. The van der Waals surface area contributed by atoms with Gasteiger partial charge in [-0.1, -0.05) is 42.4 Å². The van der Waals surface area contributed by atoms with E-state index >= 15 is 0 Å². The van der Waals surface area contributed by atoms with E-state index in [0.29, 0.717) is 13.0 Å². The monoisotopic (exact) mass is 246 g/mol. The van der Waals surface area contributed by atoms with E-state index in [4.69, 9.17) is 5.53 Å². The number of benzene rings is 1. The molecule has 0 spiro atoms. The van der Waals surface area contributed by atoms with Crippen molar-refractivity contribution in [2.24, 2.45) is 5.11 Å². The van der Waals surface area contributed by atoms with Crippen molar-refractivity contribution in [1.82, 2.24) is 4.90 Å². The molecule has 0 bridgehead atoms. The molecule has 0 radical (unpaired) electrons. The molecule has 1 fully saturated rings. The van der Waals surface area contributed by atoms with Gasteiger partial charge in [0.2, 0.25) is 0 Å². The molecule has 1 aliphatic rings. The fourth-order valence-electron chi connectivity index (χ4n) is 2.29. The van der Waals surface area contributed by atoms with Gasteiger partial charge in [-0.05, 0) is 24.1 Å². The van der Waals surface area contributed by atoms with Gasteiger partial charge in [0.05, 0.1) is 11.6 Å². The van der Waals surface area contributed by atoms with E-state index in [1.165, 1.54) is 5.56 Å². The van der Waals surface area contributed by atoms with Gasteiger partial charge in [0.15, 0.2) is 0 Å². The average molecular weight is 246 g/mol. The van der Waals surface area contributed by atoms with Gasteiger partial charge in [0, 0.05) is 18.0 Å². The third kappa shape index (κ3) is 2.82. The summed E-state index contributed by atoms with van der Waals surface area (Å²) in [6, 6.07) is 10.2. The Kier molecular flexibility index (Phi) is 3.87. The number of hydrogen-bond acceptors (Lipinski definition) is 3. The molecular formula is C13H18N4O. The zero-order chi connectivity index (χ0) is 13.0. The van der Waals surface area contributed by atoms with Crippen LogP contribution in [-0.4, -0.2) is 34.7 Å². The minimum atomic E-state index is -0.665. The number of aliphatic hydroxyl groups excluding tert-OH is 1. The molecule has 1 N–H and O–H groups in total. The molecule has 2 atom stereocenters. The van der Waals surface area contributed by atoms with E-state index in [1.807, 2.05) is 25.1 Å². The van der Waals surface area contributed by atoms with Gasteiger partial charge in [-0.3, -0.25) is 4.90 Å². The largest absolute Gasteiger partial charge is 0.391 e. The molecule has 1 aromatic carbocycles. The summed E-state index contributed by atoms with van der Waals surface area (Å²) in [6.45, 7) is 4.02. The zero-order valence-corrected chi connectivity index (χ0v) is 10.5. The summed E-state index contributed by atoms with van der Waals surface area (Å²) in [6.07, 6.45) is 0.0799. The third-order valence-electron chi connectivity index (χ3n) is 3.61. The molecule has 96 valence electrons. The molecule has 5 nitrogen and oxygen atoms in total. The number of likely N-dealkylation sites (tertiary alicyclic amines) is 1. The molecule has 1 heterocycles. The van der Waals surface area contributed by atoms with Crippen molar-refractivity contribution in [1.29, 1.82) is 0 Å². The van der Waals surface area contributed by atoms with Crippen LogP contribution in [0.15, 0.2) is 35.4 Å². The van der Waals surface area contributed by atoms with Crippen molar-refractivity contribution >= 4 is 0 Å². The van der Waals surface area contributed by atoms with Crippen LogP contribution < -0.4 is 0 Å². The fraction of sp³-hybridized carbons (Fsp3) is 0.538. The van der Waals surface area contributed by atoms with Crippen molar-refractivity contribution < 1.29 is 5.11 Å². The van der Waals surface area contributed by atoms with E-state index in [2.05, 4.69) is 27.1 Å². The van der Waals surface area contributed by atoms with E-state index in [1.54, 1.807) is 0 Å². The second-order valence-electron chi connectivity index (χ2n) is 5.03. The molecule has 1 aromatic rings. The maximum Gasteiger partial charge on any atom is 0.0777 e. The van der Waals surface area contributed by atoms with Gasteiger partial charge in [-0.2, -0.15) is 0 Å². The third-order valence-corrected chi connectivity index (χ3v) is 3.61. The normalized spacial score (nSPS) is 28.7. The van der Waals surface area contributed by atoms with Gasteiger partial charge in [0.25, 0.3) is 0 Å². The van der Waals surface area contributed by atoms with Crippen LogP contribution in [0.3, 0.4) is 0 Å². The van der Waals surface area contributed by atoms with Gasteiger partial charge >= 0.3 is 0 Å². The second-order valence-corrected chi connectivity index (χ2v) is 5.03. The smallest absolute Gasteiger partial charge is 0.0777 e. The first kappa shape index (κ1) is 12.9. The number of β-amino-alcohol motifs (C(OH)–C–C–N with tert-alkyl or cyclic N) is 1. The van der Waals surface area contributed by atoms with Crippen molar-refractivity contribution in [3.63, 3.8) is 0 Å². The summed E-state index contributed by atoms with van der Waals surface area (Å²) in [4.78, 5) is 5.03. The minimum Gasteiger partial charge on any atom is -0.391 e. The van der Waals surface area contributed by atoms with Crippen LogP contribution in [0.2, 0.25) is 0 Å². The van der Waals surface area contributed by atoms with Crippen LogP contribution in [0.1, 0.15) is 18.9 Å². The number of hydrogen-bond donors (Lipinski definition) is 1. The Morgan fingerprint density at radius 2 is 2.22 bits per heavy atom. The number of aliphatic hydroxyl groups is 1. The Hall–Kier alpha value is -1.55. The lowest BCUT2D eigenvalue weighted by atomic mass is 9.87. The molecule has 0 unspecified atom stereocenters.